The predicted molar refractivity (Wildman–Crippen MR) is 104 cm³/mol. The van der Waals surface area contributed by atoms with Crippen LogP contribution in [0.15, 0.2) is 12.2 Å². The van der Waals surface area contributed by atoms with E-state index in [-0.39, 0.29) is 5.41 Å². The Morgan fingerprint density at radius 2 is 1.09 bits per heavy atom. The molecular weight excluding hydrogens is 280 g/mol. The average Bonchev–Trinajstić information content (AvgIpc) is 2.50. The lowest BCUT2D eigenvalue weighted by molar-refractivity contribution is -0.115. The Kier molecular flexibility index (Phi) is 14.6. The van der Waals surface area contributed by atoms with Crippen molar-refractivity contribution in [1.82, 2.24) is 0 Å². The Morgan fingerprint density at radius 1 is 0.739 bits per heavy atom. The smallest absolute Gasteiger partial charge is 0.125 e. The zero-order valence-corrected chi connectivity index (χ0v) is 16.3. The van der Waals surface area contributed by atoms with Gasteiger partial charge in [-0.05, 0) is 26.2 Å². The number of hydrogen-bond donors (Lipinski definition) is 0. The van der Waals surface area contributed by atoms with E-state index >= 15 is 0 Å². The summed E-state index contributed by atoms with van der Waals surface area (Å²) < 4.78 is 0. The number of allylic oxidation sites excluding steroid dienone is 1. The fourth-order valence-corrected chi connectivity index (χ4v) is 3.01. The van der Waals surface area contributed by atoms with Gasteiger partial charge in [-0.25, -0.2) is 0 Å². The molecule has 0 saturated heterocycles. The van der Waals surface area contributed by atoms with Gasteiger partial charge in [0.2, 0.25) is 0 Å². The Bertz CT molecular complexity index is 290. The van der Waals surface area contributed by atoms with Crippen molar-refractivity contribution in [3.8, 4) is 0 Å². The molecule has 0 aliphatic carbocycles. The summed E-state index contributed by atoms with van der Waals surface area (Å²) in [5.41, 5.74) is 1.22. The second-order valence-corrected chi connectivity index (χ2v) is 8.16. The van der Waals surface area contributed by atoms with Crippen LogP contribution in [-0.2, 0) is 4.79 Å². The van der Waals surface area contributed by atoms with Gasteiger partial charge in [0.1, 0.15) is 6.29 Å². The summed E-state index contributed by atoms with van der Waals surface area (Å²) >= 11 is 0. The molecule has 0 aromatic rings. The molecule has 23 heavy (non-hydrogen) atoms. The van der Waals surface area contributed by atoms with Crippen LogP contribution in [0.3, 0.4) is 0 Å². The van der Waals surface area contributed by atoms with Gasteiger partial charge in [0, 0.05) is 5.41 Å². The van der Waals surface area contributed by atoms with Gasteiger partial charge in [-0.1, -0.05) is 96.5 Å². The Labute approximate surface area is 146 Å². The van der Waals surface area contributed by atoms with E-state index in [1.165, 1.54) is 95.5 Å². The second-order valence-electron chi connectivity index (χ2n) is 8.16. The highest BCUT2D eigenvalue weighted by molar-refractivity contribution is 5.57. The van der Waals surface area contributed by atoms with Gasteiger partial charge in [0.05, 0.1) is 0 Å². The third kappa shape index (κ3) is 17.6. The molecule has 0 amide bonds. The number of rotatable bonds is 17. The van der Waals surface area contributed by atoms with Crippen LogP contribution in [0.2, 0.25) is 0 Å². The van der Waals surface area contributed by atoms with E-state index in [4.69, 9.17) is 0 Å². The molecule has 0 fully saturated rings. The lowest BCUT2D eigenvalue weighted by Gasteiger charge is -2.15. The summed E-state index contributed by atoms with van der Waals surface area (Å²) in [6, 6.07) is 0. The molecule has 0 heterocycles. The molecular formula is C22H42O. The van der Waals surface area contributed by atoms with Crippen LogP contribution in [0.1, 0.15) is 117 Å². The highest BCUT2D eigenvalue weighted by Crippen LogP contribution is 2.21. The maximum Gasteiger partial charge on any atom is 0.125 e. The molecule has 0 aromatic heterocycles. The minimum Gasteiger partial charge on any atom is -0.303 e. The largest absolute Gasteiger partial charge is 0.303 e. The standard InChI is InChI=1S/C22H42O/c1-21(2)18-16-14-12-10-8-6-5-7-9-11-13-15-17-19-22(3,4)20-23/h20H,1,5-19H2,2-4H3. The van der Waals surface area contributed by atoms with Crippen molar-refractivity contribution in [2.75, 3.05) is 0 Å². The lowest BCUT2D eigenvalue weighted by atomic mass is 9.88. The monoisotopic (exact) mass is 322 g/mol. The van der Waals surface area contributed by atoms with Crippen LogP contribution in [0.4, 0.5) is 0 Å². The van der Waals surface area contributed by atoms with E-state index < -0.39 is 0 Å². The SMILES string of the molecule is C=C(C)CCCCCCCCCCCCCCCC(C)(C)C=O. The minimum atomic E-state index is -0.107. The van der Waals surface area contributed by atoms with Crippen molar-refractivity contribution in [2.24, 2.45) is 5.41 Å². The number of carbonyl (C=O) groups is 1. The van der Waals surface area contributed by atoms with Crippen LogP contribution in [0, 0.1) is 5.41 Å². The molecule has 0 aliphatic rings. The van der Waals surface area contributed by atoms with Gasteiger partial charge >= 0.3 is 0 Å². The Hall–Kier alpha value is -0.590. The first-order valence-corrected chi connectivity index (χ1v) is 10.1. The molecule has 0 aromatic carbocycles. The highest BCUT2D eigenvalue weighted by Gasteiger charge is 2.14. The van der Waals surface area contributed by atoms with Gasteiger partial charge in [0.15, 0.2) is 0 Å². The molecule has 0 radical (unpaired) electrons. The Balaban J connectivity index is 3.11. The Morgan fingerprint density at radius 3 is 1.43 bits per heavy atom. The lowest BCUT2D eigenvalue weighted by Crippen LogP contribution is -2.12. The first kappa shape index (κ1) is 22.4. The first-order chi connectivity index (χ1) is 11.0. The third-order valence-electron chi connectivity index (χ3n) is 4.74. The average molecular weight is 323 g/mol. The van der Waals surface area contributed by atoms with E-state index in [0.717, 1.165) is 12.7 Å². The van der Waals surface area contributed by atoms with Crippen LogP contribution in [-0.4, -0.2) is 6.29 Å². The predicted octanol–water partition coefficient (Wildman–Crippen LogP) is 7.64. The van der Waals surface area contributed by atoms with Crippen molar-refractivity contribution in [2.45, 2.75) is 117 Å². The zero-order chi connectivity index (χ0) is 17.4. The van der Waals surface area contributed by atoms with Crippen LogP contribution in [0.5, 0.6) is 0 Å². The van der Waals surface area contributed by atoms with Crippen molar-refractivity contribution < 1.29 is 4.79 Å². The maximum atomic E-state index is 10.8. The minimum absolute atomic E-state index is 0.107. The van der Waals surface area contributed by atoms with E-state index in [1.54, 1.807) is 0 Å². The molecule has 0 bridgehead atoms. The molecule has 0 saturated carbocycles. The third-order valence-corrected chi connectivity index (χ3v) is 4.74. The summed E-state index contributed by atoms with van der Waals surface area (Å²) in [7, 11) is 0. The molecule has 1 nitrogen and oxygen atoms in total. The van der Waals surface area contributed by atoms with E-state index in [9.17, 15) is 4.79 Å². The summed E-state index contributed by atoms with van der Waals surface area (Å²) in [5, 5.41) is 0. The molecule has 0 N–H and O–H groups in total. The number of carbonyl (C=O) groups excluding carboxylic acids is 1. The molecule has 0 atom stereocenters. The van der Waals surface area contributed by atoms with E-state index in [0.29, 0.717) is 0 Å². The summed E-state index contributed by atoms with van der Waals surface area (Å²) in [4.78, 5) is 10.8. The fourth-order valence-electron chi connectivity index (χ4n) is 3.01. The van der Waals surface area contributed by atoms with Crippen molar-refractivity contribution in [3.05, 3.63) is 12.2 Å². The number of unbranched alkanes of at least 4 members (excludes halogenated alkanes) is 12. The summed E-state index contributed by atoms with van der Waals surface area (Å²) in [6.07, 6.45) is 21.2. The number of aldehydes is 1. The second kappa shape index (κ2) is 15.0. The van der Waals surface area contributed by atoms with Crippen molar-refractivity contribution in [1.29, 1.82) is 0 Å². The topological polar surface area (TPSA) is 17.1 Å². The van der Waals surface area contributed by atoms with Gasteiger partial charge < -0.3 is 4.79 Å². The van der Waals surface area contributed by atoms with Crippen LogP contribution < -0.4 is 0 Å². The van der Waals surface area contributed by atoms with Gasteiger partial charge in [-0.3, -0.25) is 0 Å². The number of hydrogen-bond acceptors (Lipinski definition) is 1. The molecule has 0 aliphatic heterocycles. The van der Waals surface area contributed by atoms with Crippen LogP contribution in [0.25, 0.3) is 0 Å². The fraction of sp³-hybridized carbons (Fsp3) is 0.864. The van der Waals surface area contributed by atoms with Crippen molar-refractivity contribution in [3.63, 3.8) is 0 Å². The molecule has 0 unspecified atom stereocenters. The quantitative estimate of drug-likeness (QED) is 0.153. The molecule has 1 heteroatoms. The van der Waals surface area contributed by atoms with Gasteiger partial charge in [-0.2, -0.15) is 0 Å². The van der Waals surface area contributed by atoms with E-state index in [2.05, 4.69) is 13.5 Å². The van der Waals surface area contributed by atoms with Crippen LogP contribution >= 0.6 is 0 Å². The first-order valence-electron chi connectivity index (χ1n) is 10.1. The van der Waals surface area contributed by atoms with E-state index in [1.807, 2.05) is 13.8 Å². The highest BCUT2D eigenvalue weighted by atomic mass is 16.1. The molecule has 0 spiro atoms. The maximum absolute atomic E-state index is 10.8. The van der Waals surface area contributed by atoms with Gasteiger partial charge in [0.25, 0.3) is 0 Å². The summed E-state index contributed by atoms with van der Waals surface area (Å²) in [5.74, 6) is 0. The molecule has 0 rings (SSSR count). The molecule has 136 valence electrons. The normalized spacial score (nSPS) is 11.6. The zero-order valence-electron chi connectivity index (χ0n) is 16.3. The summed E-state index contributed by atoms with van der Waals surface area (Å²) in [6.45, 7) is 10.2. The van der Waals surface area contributed by atoms with Crippen molar-refractivity contribution >= 4 is 6.29 Å². The van der Waals surface area contributed by atoms with Gasteiger partial charge in [-0.15, -0.1) is 6.58 Å².